The number of aromatic nitrogens is 2. The first-order valence-corrected chi connectivity index (χ1v) is 6.64. The lowest BCUT2D eigenvalue weighted by atomic mass is 10.1. The van der Waals surface area contributed by atoms with Crippen LogP contribution in [0, 0.1) is 6.92 Å². The maximum absolute atomic E-state index is 5.91. The van der Waals surface area contributed by atoms with Gasteiger partial charge in [0.25, 0.3) is 0 Å². The predicted molar refractivity (Wildman–Crippen MR) is 77.0 cm³/mol. The van der Waals surface area contributed by atoms with Crippen LogP contribution >= 0.6 is 0 Å². The Bertz CT molecular complexity index is 565. The number of anilines is 1. The van der Waals surface area contributed by atoms with E-state index >= 15 is 0 Å². The van der Waals surface area contributed by atoms with Gasteiger partial charge in [-0.05, 0) is 31.0 Å². The van der Waals surface area contributed by atoms with E-state index in [0.29, 0.717) is 0 Å². The van der Waals surface area contributed by atoms with E-state index in [4.69, 9.17) is 5.73 Å². The van der Waals surface area contributed by atoms with Crippen molar-refractivity contribution in [2.75, 3.05) is 18.0 Å². The summed E-state index contributed by atoms with van der Waals surface area (Å²) in [6, 6.07) is 12.6. The predicted octanol–water partition coefficient (Wildman–Crippen LogP) is 1.99. The molecule has 2 N–H and O–H groups in total. The largest absolute Gasteiger partial charge is 0.354 e. The van der Waals surface area contributed by atoms with Gasteiger partial charge in [-0.1, -0.05) is 24.3 Å². The lowest BCUT2D eigenvalue weighted by Gasteiger charge is -2.16. The zero-order valence-electron chi connectivity index (χ0n) is 11.1. The van der Waals surface area contributed by atoms with Gasteiger partial charge in [-0.25, -0.2) is 0 Å². The van der Waals surface area contributed by atoms with Crippen LogP contribution in [-0.2, 0) is 0 Å². The van der Waals surface area contributed by atoms with Gasteiger partial charge in [0, 0.05) is 24.7 Å². The average molecular weight is 254 g/mol. The third kappa shape index (κ3) is 2.44. The van der Waals surface area contributed by atoms with Gasteiger partial charge in [-0.2, -0.15) is 0 Å². The summed E-state index contributed by atoms with van der Waals surface area (Å²) in [6.45, 7) is 3.93. The van der Waals surface area contributed by atoms with E-state index in [0.717, 1.165) is 36.6 Å². The fourth-order valence-corrected chi connectivity index (χ4v) is 2.49. The van der Waals surface area contributed by atoms with Crippen LogP contribution in [0.25, 0.3) is 11.3 Å². The fraction of sp³-hybridized carbons (Fsp3) is 0.333. The molecule has 0 radical (unpaired) electrons. The van der Waals surface area contributed by atoms with Crippen molar-refractivity contribution in [3.8, 4) is 11.3 Å². The molecule has 1 unspecified atom stereocenters. The normalized spacial score (nSPS) is 18.8. The summed E-state index contributed by atoms with van der Waals surface area (Å²) in [5.74, 6) is 0.922. The van der Waals surface area contributed by atoms with Crippen LogP contribution in [0.3, 0.4) is 0 Å². The van der Waals surface area contributed by atoms with Crippen LogP contribution < -0.4 is 10.6 Å². The molecule has 4 nitrogen and oxygen atoms in total. The SMILES string of the molecule is Cc1ccccc1-c1ccc(N2CCC(N)C2)nn1. The minimum absolute atomic E-state index is 0.262. The third-order valence-electron chi connectivity index (χ3n) is 3.62. The standard InChI is InChI=1S/C15H18N4/c1-11-4-2-3-5-13(11)14-6-7-15(18-17-14)19-9-8-12(16)10-19/h2-7,12H,8-10,16H2,1H3. The Morgan fingerprint density at radius 3 is 2.63 bits per heavy atom. The molecule has 1 aliphatic heterocycles. The Hall–Kier alpha value is -1.94. The molecule has 1 saturated heterocycles. The molecule has 1 aromatic carbocycles. The Kier molecular flexibility index (Phi) is 3.17. The van der Waals surface area contributed by atoms with Gasteiger partial charge in [0.05, 0.1) is 5.69 Å². The molecule has 19 heavy (non-hydrogen) atoms. The second-order valence-corrected chi connectivity index (χ2v) is 5.09. The maximum atomic E-state index is 5.91. The molecule has 98 valence electrons. The van der Waals surface area contributed by atoms with E-state index in [1.54, 1.807) is 0 Å². The molecule has 4 heteroatoms. The molecule has 1 aromatic heterocycles. The second-order valence-electron chi connectivity index (χ2n) is 5.09. The number of nitrogens with zero attached hydrogens (tertiary/aromatic N) is 3. The van der Waals surface area contributed by atoms with E-state index in [2.05, 4.69) is 34.2 Å². The van der Waals surface area contributed by atoms with Gasteiger partial charge in [0.15, 0.2) is 5.82 Å². The van der Waals surface area contributed by atoms with Crippen LogP contribution in [0.4, 0.5) is 5.82 Å². The number of rotatable bonds is 2. The average Bonchev–Trinajstić information content (AvgIpc) is 2.86. The molecular formula is C15H18N4. The topological polar surface area (TPSA) is 55.0 Å². The van der Waals surface area contributed by atoms with Crippen molar-refractivity contribution in [3.05, 3.63) is 42.0 Å². The maximum Gasteiger partial charge on any atom is 0.151 e. The Morgan fingerprint density at radius 2 is 2.00 bits per heavy atom. The molecule has 0 amide bonds. The second kappa shape index (κ2) is 4.97. The Labute approximate surface area is 113 Å². The summed E-state index contributed by atoms with van der Waals surface area (Å²) in [5, 5.41) is 8.68. The van der Waals surface area contributed by atoms with Crippen LogP contribution in [0.2, 0.25) is 0 Å². The molecule has 2 aromatic rings. The Morgan fingerprint density at radius 1 is 1.16 bits per heavy atom. The molecular weight excluding hydrogens is 236 g/mol. The van der Waals surface area contributed by atoms with Gasteiger partial charge in [0.1, 0.15) is 0 Å². The first-order valence-electron chi connectivity index (χ1n) is 6.64. The molecule has 3 rings (SSSR count). The van der Waals surface area contributed by atoms with Crippen molar-refractivity contribution in [1.29, 1.82) is 0 Å². The van der Waals surface area contributed by atoms with E-state index in [1.165, 1.54) is 5.56 Å². The molecule has 1 fully saturated rings. The number of aryl methyl sites for hydroxylation is 1. The molecule has 1 aliphatic rings. The summed E-state index contributed by atoms with van der Waals surface area (Å²) >= 11 is 0. The van der Waals surface area contributed by atoms with Crippen LogP contribution in [-0.4, -0.2) is 29.3 Å². The smallest absolute Gasteiger partial charge is 0.151 e. The monoisotopic (exact) mass is 254 g/mol. The van der Waals surface area contributed by atoms with Crippen molar-refractivity contribution < 1.29 is 0 Å². The van der Waals surface area contributed by atoms with E-state index in [9.17, 15) is 0 Å². The lowest BCUT2D eigenvalue weighted by Crippen LogP contribution is -2.27. The van der Waals surface area contributed by atoms with Crippen molar-refractivity contribution in [1.82, 2.24) is 10.2 Å². The van der Waals surface area contributed by atoms with Crippen LogP contribution in [0.1, 0.15) is 12.0 Å². The highest BCUT2D eigenvalue weighted by molar-refractivity contribution is 5.63. The quantitative estimate of drug-likeness (QED) is 0.890. The Balaban J connectivity index is 1.85. The molecule has 0 bridgehead atoms. The summed E-state index contributed by atoms with van der Waals surface area (Å²) < 4.78 is 0. The van der Waals surface area contributed by atoms with Gasteiger partial charge in [-0.3, -0.25) is 0 Å². The molecule has 1 atom stereocenters. The molecule has 0 spiro atoms. The van der Waals surface area contributed by atoms with Crippen molar-refractivity contribution in [2.24, 2.45) is 5.73 Å². The van der Waals surface area contributed by atoms with Gasteiger partial charge in [-0.15, -0.1) is 10.2 Å². The number of nitrogens with two attached hydrogens (primary N) is 1. The van der Waals surface area contributed by atoms with Gasteiger partial charge >= 0.3 is 0 Å². The van der Waals surface area contributed by atoms with E-state index in [-0.39, 0.29) is 6.04 Å². The van der Waals surface area contributed by atoms with Crippen molar-refractivity contribution >= 4 is 5.82 Å². The highest BCUT2D eigenvalue weighted by Gasteiger charge is 2.20. The van der Waals surface area contributed by atoms with Gasteiger partial charge < -0.3 is 10.6 Å². The number of hydrogen-bond donors (Lipinski definition) is 1. The molecule has 0 aliphatic carbocycles. The van der Waals surface area contributed by atoms with Crippen molar-refractivity contribution in [3.63, 3.8) is 0 Å². The van der Waals surface area contributed by atoms with Crippen molar-refractivity contribution in [2.45, 2.75) is 19.4 Å². The summed E-state index contributed by atoms with van der Waals surface area (Å²) in [6.07, 6.45) is 1.03. The minimum Gasteiger partial charge on any atom is -0.354 e. The fourth-order valence-electron chi connectivity index (χ4n) is 2.49. The van der Waals surface area contributed by atoms with E-state index < -0.39 is 0 Å². The highest BCUT2D eigenvalue weighted by Crippen LogP contribution is 2.23. The summed E-state index contributed by atoms with van der Waals surface area (Å²) in [4.78, 5) is 2.19. The zero-order valence-corrected chi connectivity index (χ0v) is 11.1. The summed E-state index contributed by atoms with van der Waals surface area (Å²) in [5.41, 5.74) is 9.19. The number of hydrogen-bond acceptors (Lipinski definition) is 4. The third-order valence-corrected chi connectivity index (χ3v) is 3.62. The minimum atomic E-state index is 0.262. The first-order chi connectivity index (χ1) is 9.24. The van der Waals surface area contributed by atoms with E-state index in [1.807, 2.05) is 24.3 Å². The highest BCUT2D eigenvalue weighted by atomic mass is 15.3. The first kappa shape index (κ1) is 12.1. The lowest BCUT2D eigenvalue weighted by molar-refractivity contribution is 0.750. The van der Waals surface area contributed by atoms with Crippen LogP contribution in [0.5, 0.6) is 0 Å². The molecule has 2 heterocycles. The number of benzene rings is 1. The summed E-state index contributed by atoms with van der Waals surface area (Å²) in [7, 11) is 0. The van der Waals surface area contributed by atoms with Crippen LogP contribution in [0.15, 0.2) is 36.4 Å². The zero-order chi connectivity index (χ0) is 13.2. The van der Waals surface area contributed by atoms with Gasteiger partial charge in [0.2, 0.25) is 0 Å². The molecule has 0 saturated carbocycles.